The highest BCUT2D eigenvalue weighted by molar-refractivity contribution is 5.86. The maximum absolute atomic E-state index is 11.2. The third-order valence-corrected chi connectivity index (χ3v) is 2.06. The van der Waals surface area contributed by atoms with Crippen LogP contribution in [-0.4, -0.2) is 63.7 Å². The Bertz CT molecular complexity index is 253. The fourth-order valence-electron chi connectivity index (χ4n) is 1.02. The van der Waals surface area contributed by atoms with Crippen molar-refractivity contribution in [2.75, 3.05) is 13.2 Å². The predicted molar refractivity (Wildman–Crippen MR) is 56.0 cm³/mol. The monoisotopic (exact) mass is 250 g/mol. The first-order valence-electron chi connectivity index (χ1n) is 5.27. The average molecular weight is 250 g/mol. The predicted octanol–water partition coefficient (Wildman–Crippen LogP) is -2.03. The van der Waals surface area contributed by atoms with E-state index in [1.165, 1.54) is 0 Å². The Labute approximate surface area is 98.6 Å². The number of Topliss-reactive ketones (excluding diaryl/α,β-unsaturated/α-hetero) is 1. The van der Waals surface area contributed by atoms with Gasteiger partial charge in [0.1, 0.15) is 18.3 Å². The number of ketones is 1. The molecule has 7 nitrogen and oxygen atoms in total. The van der Waals surface area contributed by atoms with Crippen molar-refractivity contribution in [3.05, 3.63) is 0 Å². The van der Waals surface area contributed by atoms with Gasteiger partial charge in [0.25, 0.3) is 0 Å². The molecule has 7 heteroatoms. The first-order valence-corrected chi connectivity index (χ1v) is 5.27. The minimum absolute atomic E-state index is 0.158. The van der Waals surface area contributed by atoms with Crippen LogP contribution in [0.5, 0.6) is 0 Å². The summed E-state index contributed by atoms with van der Waals surface area (Å²) in [6.45, 7) is 0.301. The molecule has 0 aliphatic rings. The SMILES string of the molecule is CCCC(=O)OCC(=O)[C@H](O)[C@@H](O)[C@H](O)CO. The van der Waals surface area contributed by atoms with Crippen LogP contribution in [0.15, 0.2) is 0 Å². The number of ether oxygens (including phenoxy) is 1. The Morgan fingerprint density at radius 3 is 2.29 bits per heavy atom. The van der Waals surface area contributed by atoms with Crippen LogP contribution in [0, 0.1) is 0 Å². The van der Waals surface area contributed by atoms with Gasteiger partial charge in [0.05, 0.1) is 6.61 Å². The number of esters is 1. The van der Waals surface area contributed by atoms with Crippen molar-refractivity contribution in [1.29, 1.82) is 0 Å². The molecule has 0 spiro atoms. The van der Waals surface area contributed by atoms with E-state index in [0.717, 1.165) is 0 Å². The summed E-state index contributed by atoms with van der Waals surface area (Å²) in [4.78, 5) is 22.2. The van der Waals surface area contributed by atoms with Crippen molar-refractivity contribution < 1.29 is 34.8 Å². The molecule has 0 aromatic rings. The Morgan fingerprint density at radius 2 is 1.82 bits per heavy atom. The molecule has 0 fully saturated rings. The molecule has 100 valence electrons. The minimum Gasteiger partial charge on any atom is -0.458 e. The quantitative estimate of drug-likeness (QED) is 0.366. The molecule has 0 aromatic heterocycles. The molecule has 0 saturated carbocycles. The van der Waals surface area contributed by atoms with Crippen molar-refractivity contribution in [2.45, 2.75) is 38.1 Å². The molecule has 0 radical (unpaired) electrons. The number of rotatable bonds is 8. The van der Waals surface area contributed by atoms with E-state index in [1.807, 2.05) is 0 Å². The normalized spacial score (nSPS) is 16.1. The standard InChI is InChI=1S/C10H18O7/c1-2-3-8(14)17-5-7(13)10(16)9(15)6(12)4-11/h6,9-12,15-16H,2-5H2,1H3/t6-,9+,10+/m1/s1. The summed E-state index contributed by atoms with van der Waals surface area (Å²) in [5.74, 6) is -1.51. The average Bonchev–Trinajstić information content (AvgIpc) is 2.33. The van der Waals surface area contributed by atoms with Crippen molar-refractivity contribution in [1.82, 2.24) is 0 Å². The Hall–Kier alpha value is -1.02. The number of carbonyl (C=O) groups is 2. The van der Waals surface area contributed by atoms with Gasteiger partial charge in [-0.15, -0.1) is 0 Å². The van der Waals surface area contributed by atoms with Gasteiger partial charge in [-0.1, -0.05) is 6.92 Å². The van der Waals surface area contributed by atoms with Crippen LogP contribution in [0.3, 0.4) is 0 Å². The second kappa shape index (κ2) is 8.13. The highest BCUT2D eigenvalue weighted by Crippen LogP contribution is 2.02. The Kier molecular flexibility index (Phi) is 7.64. The van der Waals surface area contributed by atoms with E-state index in [1.54, 1.807) is 6.92 Å². The zero-order chi connectivity index (χ0) is 13.4. The van der Waals surface area contributed by atoms with E-state index < -0.39 is 43.3 Å². The van der Waals surface area contributed by atoms with Crippen LogP contribution in [0.2, 0.25) is 0 Å². The summed E-state index contributed by atoms with van der Waals surface area (Å²) >= 11 is 0. The van der Waals surface area contributed by atoms with Crippen LogP contribution < -0.4 is 0 Å². The summed E-state index contributed by atoms with van der Waals surface area (Å²) in [5, 5.41) is 36.0. The van der Waals surface area contributed by atoms with Gasteiger partial charge >= 0.3 is 5.97 Å². The smallest absolute Gasteiger partial charge is 0.306 e. The van der Waals surface area contributed by atoms with E-state index in [9.17, 15) is 19.8 Å². The van der Waals surface area contributed by atoms with Gasteiger partial charge < -0.3 is 25.2 Å². The molecule has 0 unspecified atom stereocenters. The molecular weight excluding hydrogens is 232 g/mol. The molecule has 0 aromatic carbocycles. The topological polar surface area (TPSA) is 124 Å². The first-order chi connectivity index (χ1) is 7.93. The van der Waals surface area contributed by atoms with Crippen molar-refractivity contribution >= 4 is 11.8 Å². The van der Waals surface area contributed by atoms with E-state index in [0.29, 0.717) is 6.42 Å². The lowest BCUT2D eigenvalue weighted by atomic mass is 10.1. The summed E-state index contributed by atoms with van der Waals surface area (Å²) in [5.41, 5.74) is 0. The van der Waals surface area contributed by atoms with Crippen LogP contribution in [0.1, 0.15) is 19.8 Å². The van der Waals surface area contributed by atoms with Gasteiger partial charge in [-0.3, -0.25) is 9.59 Å². The first kappa shape index (κ1) is 16.0. The van der Waals surface area contributed by atoms with Gasteiger partial charge in [-0.25, -0.2) is 0 Å². The molecule has 0 saturated heterocycles. The van der Waals surface area contributed by atoms with Gasteiger partial charge in [0, 0.05) is 6.42 Å². The molecule has 3 atom stereocenters. The summed E-state index contributed by atoms with van der Waals surface area (Å²) in [6, 6.07) is 0. The highest BCUT2D eigenvalue weighted by Gasteiger charge is 2.30. The van der Waals surface area contributed by atoms with Crippen LogP contribution in [0.25, 0.3) is 0 Å². The molecule has 4 N–H and O–H groups in total. The zero-order valence-corrected chi connectivity index (χ0v) is 9.57. The molecule has 0 aliphatic carbocycles. The van der Waals surface area contributed by atoms with Gasteiger partial charge in [0.15, 0.2) is 6.61 Å². The molecule has 0 rings (SSSR count). The summed E-state index contributed by atoms with van der Waals surface area (Å²) in [6.07, 6.45) is -4.60. The summed E-state index contributed by atoms with van der Waals surface area (Å²) < 4.78 is 4.53. The fraction of sp³-hybridized carbons (Fsp3) is 0.800. The lowest BCUT2D eigenvalue weighted by Gasteiger charge is -2.20. The Balaban J connectivity index is 4.09. The lowest BCUT2D eigenvalue weighted by Crippen LogP contribution is -2.45. The van der Waals surface area contributed by atoms with Crippen LogP contribution in [-0.2, 0) is 14.3 Å². The van der Waals surface area contributed by atoms with E-state index in [-0.39, 0.29) is 6.42 Å². The minimum atomic E-state index is -1.90. The van der Waals surface area contributed by atoms with Gasteiger partial charge in [-0.05, 0) is 6.42 Å². The van der Waals surface area contributed by atoms with Gasteiger partial charge in [-0.2, -0.15) is 0 Å². The van der Waals surface area contributed by atoms with E-state index in [4.69, 9.17) is 10.2 Å². The Morgan fingerprint density at radius 1 is 1.24 bits per heavy atom. The molecule has 0 heterocycles. The second-order valence-electron chi connectivity index (χ2n) is 3.56. The van der Waals surface area contributed by atoms with Crippen molar-refractivity contribution in [3.63, 3.8) is 0 Å². The van der Waals surface area contributed by atoms with E-state index >= 15 is 0 Å². The number of aliphatic hydroxyl groups is 4. The molecule has 17 heavy (non-hydrogen) atoms. The molecule has 0 aliphatic heterocycles. The molecule has 0 amide bonds. The summed E-state index contributed by atoms with van der Waals surface area (Å²) in [7, 11) is 0. The second-order valence-corrected chi connectivity index (χ2v) is 3.56. The zero-order valence-electron chi connectivity index (χ0n) is 9.57. The fourth-order valence-corrected chi connectivity index (χ4v) is 1.02. The molecule has 0 bridgehead atoms. The maximum Gasteiger partial charge on any atom is 0.306 e. The van der Waals surface area contributed by atoms with Crippen molar-refractivity contribution in [3.8, 4) is 0 Å². The number of hydrogen-bond donors (Lipinski definition) is 4. The van der Waals surface area contributed by atoms with Crippen LogP contribution in [0.4, 0.5) is 0 Å². The van der Waals surface area contributed by atoms with Gasteiger partial charge in [0.2, 0.25) is 5.78 Å². The molecular formula is C10H18O7. The largest absolute Gasteiger partial charge is 0.458 e. The third kappa shape index (κ3) is 5.73. The van der Waals surface area contributed by atoms with Crippen molar-refractivity contribution in [2.24, 2.45) is 0 Å². The lowest BCUT2D eigenvalue weighted by molar-refractivity contribution is -0.155. The number of carbonyl (C=O) groups excluding carboxylic acids is 2. The number of aliphatic hydroxyl groups excluding tert-OH is 4. The maximum atomic E-state index is 11.2. The third-order valence-electron chi connectivity index (χ3n) is 2.06. The van der Waals surface area contributed by atoms with Crippen LogP contribution >= 0.6 is 0 Å². The number of hydrogen-bond acceptors (Lipinski definition) is 7. The highest BCUT2D eigenvalue weighted by atomic mass is 16.5. The van der Waals surface area contributed by atoms with E-state index in [2.05, 4.69) is 4.74 Å².